The second-order valence-electron chi connectivity index (χ2n) is 3.35. The van der Waals surface area contributed by atoms with Crippen LogP contribution in [-0.4, -0.2) is 17.2 Å². The standard InChI is InChI=1S/C10H15BO2/c1-3-8(2)9-4-6-10(7-5-9)11(12)13/h4-8,12-13H,3H2,1-2H3/t8-/m0/s1. The smallest absolute Gasteiger partial charge is 0.423 e. The fourth-order valence-corrected chi connectivity index (χ4v) is 1.23. The maximum Gasteiger partial charge on any atom is 0.488 e. The highest BCUT2D eigenvalue weighted by atomic mass is 16.4. The largest absolute Gasteiger partial charge is 0.488 e. The summed E-state index contributed by atoms with van der Waals surface area (Å²) in [5.41, 5.74) is 1.79. The van der Waals surface area contributed by atoms with Crippen molar-refractivity contribution >= 4 is 12.6 Å². The fraction of sp³-hybridized carbons (Fsp3) is 0.400. The Morgan fingerprint density at radius 1 is 1.23 bits per heavy atom. The number of hydrogen-bond donors (Lipinski definition) is 2. The molecule has 3 heteroatoms. The molecule has 13 heavy (non-hydrogen) atoms. The molecule has 0 radical (unpaired) electrons. The van der Waals surface area contributed by atoms with Crippen LogP contribution in [0.1, 0.15) is 31.7 Å². The predicted molar refractivity (Wildman–Crippen MR) is 55.0 cm³/mol. The minimum atomic E-state index is -1.36. The lowest BCUT2D eigenvalue weighted by atomic mass is 9.79. The molecular weight excluding hydrogens is 163 g/mol. The van der Waals surface area contributed by atoms with Crippen molar-refractivity contribution in [1.29, 1.82) is 0 Å². The van der Waals surface area contributed by atoms with Gasteiger partial charge >= 0.3 is 7.12 Å². The van der Waals surface area contributed by atoms with Crippen molar-refractivity contribution in [3.8, 4) is 0 Å². The van der Waals surface area contributed by atoms with E-state index in [0.717, 1.165) is 6.42 Å². The van der Waals surface area contributed by atoms with E-state index < -0.39 is 7.12 Å². The molecule has 0 aromatic heterocycles. The van der Waals surface area contributed by atoms with Crippen LogP contribution in [0.25, 0.3) is 0 Å². The van der Waals surface area contributed by atoms with Crippen LogP contribution in [0, 0.1) is 0 Å². The van der Waals surface area contributed by atoms with Crippen molar-refractivity contribution < 1.29 is 10.0 Å². The van der Waals surface area contributed by atoms with Gasteiger partial charge in [0.15, 0.2) is 0 Å². The van der Waals surface area contributed by atoms with Crippen LogP contribution in [-0.2, 0) is 0 Å². The third kappa shape index (κ3) is 2.57. The number of benzene rings is 1. The van der Waals surface area contributed by atoms with Crippen molar-refractivity contribution in [3.05, 3.63) is 29.8 Å². The first-order chi connectivity index (χ1) is 6.15. The van der Waals surface area contributed by atoms with E-state index in [4.69, 9.17) is 10.0 Å². The van der Waals surface area contributed by atoms with Crippen LogP contribution in [0.2, 0.25) is 0 Å². The van der Waals surface area contributed by atoms with Gasteiger partial charge in [0.2, 0.25) is 0 Å². The molecule has 0 unspecified atom stereocenters. The van der Waals surface area contributed by atoms with Crippen LogP contribution >= 0.6 is 0 Å². The van der Waals surface area contributed by atoms with E-state index in [1.165, 1.54) is 5.56 Å². The lowest BCUT2D eigenvalue weighted by Gasteiger charge is -2.09. The Morgan fingerprint density at radius 3 is 2.15 bits per heavy atom. The highest BCUT2D eigenvalue weighted by Gasteiger charge is 2.10. The second kappa shape index (κ2) is 4.44. The van der Waals surface area contributed by atoms with E-state index in [0.29, 0.717) is 11.4 Å². The number of hydrogen-bond acceptors (Lipinski definition) is 2. The summed E-state index contributed by atoms with van der Waals surface area (Å²) in [5.74, 6) is 0.532. The van der Waals surface area contributed by atoms with E-state index in [2.05, 4.69) is 13.8 Å². The van der Waals surface area contributed by atoms with Crippen LogP contribution < -0.4 is 5.46 Å². The van der Waals surface area contributed by atoms with Crippen molar-refractivity contribution in [2.75, 3.05) is 0 Å². The minimum Gasteiger partial charge on any atom is -0.423 e. The second-order valence-corrected chi connectivity index (χ2v) is 3.35. The molecule has 0 bridgehead atoms. The Kier molecular flexibility index (Phi) is 3.52. The Bertz CT molecular complexity index is 256. The molecule has 0 amide bonds. The highest BCUT2D eigenvalue weighted by molar-refractivity contribution is 6.58. The first-order valence-electron chi connectivity index (χ1n) is 4.61. The molecule has 1 aromatic rings. The molecule has 0 aliphatic rings. The molecule has 0 spiro atoms. The van der Waals surface area contributed by atoms with Crippen LogP contribution in [0.15, 0.2) is 24.3 Å². The number of rotatable bonds is 3. The summed E-state index contributed by atoms with van der Waals surface area (Å²) < 4.78 is 0. The summed E-state index contributed by atoms with van der Waals surface area (Å²) >= 11 is 0. The third-order valence-electron chi connectivity index (χ3n) is 2.42. The van der Waals surface area contributed by atoms with Crippen LogP contribution in [0.3, 0.4) is 0 Å². The third-order valence-corrected chi connectivity index (χ3v) is 2.42. The topological polar surface area (TPSA) is 40.5 Å². The zero-order valence-electron chi connectivity index (χ0n) is 8.07. The Labute approximate surface area is 79.4 Å². The molecule has 0 aliphatic carbocycles. The van der Waals surface area contributed by atoms with Crippen LogP contribution in [0.5, 0.6) is 0 Å². The van der Waals surface area contributed by atoms with Gasteiger partial charge in [0, 0.05) is 0 Å². The van der Waals surface area contributed by atoms with E-state index in [9.17, 15) is 0 Å². The van der Waals surface area contributed by atoms with Gasteiger partial charge in [0.25, 0.3) is 0 Å². The van der Waals surface area contributed by atoms with Crippen molar-refractivity contribution in [3.63, 3.8) is 0 Å². The lowest BCUT2D eigenvalue weighted by Crippen LogP contribution is -2.29. The first-order valence-corrected chi connectivity index (χ1v) is 4.61. The summed E-state index contributed by atoms with van der Waals surface area (Å²) in [7, 11) is -1.36. The summed E-state index contributed by atoms with van der Waals surface area (Å²) in [6.45, 7) is 4.30. The van der Waals surface area contributed by atoms with Crippen molar-refractivity contribution in [2.45, 2.75) is 26.2 Å². The molecule has 70 valence electrons. The van der Waals surface area contributed by atoms with Gasteiger partial charge in [-0.15, -0.1) is 0 Å². The van der Waals surface area contributed by atoms with Crippen LogP contribution in [0.4, 0.5) is 0 Å². The van der Waals surface area contributed by atoms with Gasteiger partial charge in [-0.05, 0) is 23.4 Å². The SMILES string of the molecule is CC[C@H](C)c1ccc(B(O)O)cc1. The van der Waals surface area contributed by atoms with E-state index in [-0.39, 0.29) is 0 Å². The quantitative estimate of drug-likeness (QED) is 0.674. The zero-order valence-corrected chi connectivity index (χ0v) is 8.07. The maximum atomic E-state index is 8.87. The van der Waals surface area contributed by atoms with Crippen molar-refractivity contribution in [2.24, 2.45) is 0 Å². The average molecular weight is 178 g/mol. The normalized spacial score (nSPS) is 12.6. The van der Waals surface area contributed by atoms with E-state index >= 15 is 0 Å². The van der Waals surface area contributed by atoms with Gasteiger partial charge in [-0.2, -0.15) is 0 Å². The molecule has 1 rings (SSSR count). The van der Waals surface area contributed by atoms with Gasteiger partial charge in [-0.25, -0.2) is 0 Å². The maximum absolute atomic E-state index is 8.87. The Hall–Kier alpha value is -0.795. The van der Waals surface area contributed by atoms with Crippen molar-refractivity contribution in [1.82, 2.24) is 0 Å². The molecule has 0 saturated carbocycles. The summed E-state index contributed by atoms with van der Waals surface area (Å²) in [4.78, 5) is 0. The Morgan fingerprint density at radius 2 is 1.77 bits per heavy atom. The van der Waals surface area contributed by atoms with Gasteiger partial charge in [-0.1, -0.05) is 38.1 Å². The molecule has 2 N–H and O–H groups in total. The highest BCUT2D eigenvalue weighted by Crippen LogP contribution is 2.16. The average Bonchev–Trinajstić information content (AvgIpc) is 2.17. The molecule has 2 nitrogen and oxygen atoms in total. The van der Waals surface area contributed by atoms with E-state index in [1.807, 2.05) is 12.1 Å². The monoisotopic (exact) mass is 178 g/mol. The lowest BCUT2D eigenvalue weighted by molar-refractivity contribution is 0.426. The van der Waals surface area contributed by atoms with Gasteiger partial charge < -0.3 is 10.0 Å². The summed E-state index contributed by atoms with van der Waals surface area (Å²) in [6.07, 6.45) is 1.10. The molecule has 1 atom stereocenters. The van der Waals surface area contributed by atoms with Gasteiger partial charge in [-0.3, -0.25) is 0 Å². The molecule has 0 saturated heterocycles. The first kappa shape index (κ1) is 10.3. The molecule has 0 fully saturated rings. The molecule has 1 aromatic carbocycles. The zero-order chi connectivity index (χ0) is 9.84. The molecular formula is C10H15BO2. The minimum absolute atomic E-state index is 0.532. The fourth-order valence-electron chi connectivity index (χ4n) is 1.23. The van der Waals surface area contributed by atoms with Gasteiger partial charge in [0.05, 0.1) is 0 Å². The summed E-state index contributed by atoms with van der Waals surface area (Å²) in [5, 5.41) is 17.7. The molecule has 0 heterocycles. The predicted octanol–water partition coefficient (Wildman–Crippen LogP) is 0.880. The molecule has 0 aliphatic heterocycles. The van der Waals surface area contributed by atoms with Gasteiger partial charge in [0.1, 0.15) is 0 Å². The Balaban J connectivity index is 2.81. The summed E-state index contributed by atoms with van der Waals surface area (Å²) in [6, 6.07) is 7.41. The van der Waals surface area contributed by atoms with E-state index in [1.54, 1.807) is 12.1 Å².